The van der Waals surface area contributed by atoms with Crippen molar-refractivity contribution in [2.24, 2.45) is 0 Å². The molecular weight excluding hydrogens is 388 g/mol. The standard InChI is InChI=1S/C26H36N2O3/c1-6-8-13-27-26(30)24(7-2)28(17-22-12-10-9-11-21(22)5)25(29)18-31-23-15-19(3)14-20(4)16-23/h9-12,14-16,24H,6-8,13,17-18H2,1-5H3,(H,27,30)/t24-/m0/s1. The average Bonchev–Trinajstić information content (AvgIpc) is 2.72. The number of rotatable bonds is 11. The minimum absolute atomic E-state index is 0.104. The molecule has 0 radical (unpaired) electrons. The fourth-order valence-electron chi connectivity index (χ4n) is 3.64. The number of amides is 2. The smallest absolute Gasteiger partial charge is 0.261 e. The van der Waals surface area contributed by atoms with Crippen LogP contribution < -0.4 is 10.1 Å². The summed E-state index contributed by atoms with van der Waals surface area (Å²) in [7, 11) is 0. The predicted molar refractivity (Wildman–Crippen MR) is 125 cm³/mol. The van der Waals surface area contributed by atoms with E-state index in [9.17, 15) is 9.59 Å². The fraction of sp³-hybridized carbons (Fsp3) is 0.462. The summed E-state index contributed by atoms with van der Waals surface area (Å²) in [5, 5.41) is 2.99. The van der Waals surface area contributed by atoms with Gasteiger partial charge in [0.1, 0.15) is 11.8 Å². The van der Waals surface area contributed by atoms with Gasteiger partial charge < -0.3 is 15.0 Å². The predicted octanol–water partition coefficient (Wildman–Crippen LogP) is 4.71. The maximum absolute atomic E-state index is 13.3. The lowest BCUT2D eigenvalue weighted by Gasteiger charge is -2.31. The molecule has 2 aromatic carbocycles. The minimum atomic E-state index is -0.535. The van der Waals surface area contributed by atoms with Crippen LogP contribution in [0.25, 0.3) is 0 Å². The third-order valence-corrected chi connectivity index (χ3v) is 5.37. The lowest BCUT2D eigenvalue weighted by Crippen LogP contribution is -2.50. The lowest BCUT2D eigenvalue weighted by atomic mass is 10.1. The summed E-state index contributed by atoms with van der Waals surface area (Å²) in [6.07, 6.45) is 2.47. The number of carbonyl (C=O) groups excluding carboxylic acids is 2. The maximum Gasteiger partial charge on any atom is 0.261 e. The molecule has 1 atom stereocenters. The quantitative estimate of drug-likeness (QED) is 0.531. The molecule has 5 nitrogen and oxygen atoms in total. The van der Waals surface area contributed by atoms with Crippen LogP contribution >= 0.6 is 0 Å². The molecule has 0 unspecified atom stereocenters. The van der Waals surface area contributed by atoms with Gasteiger partial charge in [-0.3, -0.25) is 9.59 Å². The summed E-state index contributed by atoms with van der Waals surface area (Å²) < 4.78 is 5.83. The van der Waals surface area contributed by atoms with Gasteiger partial charge in [-0.1, -0.05) is 50.6 Å². The van der Waals surface area contributed by atoms with Crippen molar-refractivity contribution < 1.29 is 14.3 Å². The molecule has 31 heavy (non-hydrogen) atoms. The van der Waals surface area contributed by atoms with Crippen LogP contribution in [0, 0.1) is 20.8 Å². The summed E-state index contributed by atoms with van der Waals surface area (Å²) in [5.74, 6) is 0.367. The second-order valence-corrected chi connectivity index (χ2v) is 8.13. The molecule has 168 valence electrons. The number of ether oxygens (including phenoxy) is 1. The van der Waals surface area contributed by atoms with E-state index in [1.807, 2.05) is 64.1 Å². The van der Waals surface area contributed by atoms with Crippen molar-refractivity contribution in [2.45, 2.75) is 66.5 Å². The van der Waals surface area contributed by atoms with Crippen LogP contribution in [0.2, 0.25) is 0 Å². The summed E-state index contributed by atoms with van der Waals surface area (Å²) in [6.45, 7) is 10.9. The van der Waals surface area contributed by atoms with Crippen molar-refractivity contribution in [1.29, 1.82) is 0 Å². The molecule has 0 aromatic heterocycles. The first-order valence-electron chi connectivity index (χ1n) is 11.2. The number of nitrogens with zero attached hydrogens (tertiary/aromatic N) is 1. The zero-order valence-electron chi connectivity index (χ0n) is 19.5. The highest BCUT2D eigenvalue weighted by Gasteiger charge is 2.29. The molecule has 0 saturated carbocycles. The van der Waals surface area contributed by atoms with Gasteiger partial charge in [-0.15, -0.1) is 0 Å². The minimum Gasteiger partial charge on any atom is -0.484 e. The van der Waals surface area contributed by atoms with Crippen LogP contribution in [-0.4, -0.2) is 35.9 Å². The van der Waals surface area contributed by atoms with Crippen LogP contribution in [-0.2, 0) is 16.1 Å². The maximum atomic E-state index is 13.3. The Labute approximate surface area is 186 Å². The second-order valence-electron chi connectivity index (χ2n) is 8.13. The van der Waals surface area contributed by atoms with Crippen molar-refractivity contribution in [2.75, 3.05) is 13.2 Å². The van der Waals surface area contributed by atoms with E-state index in [1.165, 1.54) is 0 Å². The average molecular weight is 425 g/mol. The van der Waals surface area contributed by atoms with E-state index in [0.29, 0.717) is 25.3 Å². The molecule has 0 aliphatic carbocycles. The van der Waals surface area contributed by atoms with E-state index in [1.54, 1.807) is 4.90 Å². The molecular formula is C26H36N2O3. The van der Waals surface area contributed by atoms with Gasteiger partial charge in [0.15, 0.2) is 6.61 Å². The van der Waals surface area contributed by atoms with Gasteiger partial charge in [0.2, 0.25) is 5.91 Å². The van der Waals surface area contributed by atoms with Gasteiger partial charge >= 0.3 is 0 Å². The first-order valence-corrected chi connectivity index (χ1v) is 11.2. The van der Waals surface area contributed by atoms with E-state index in [-0.39, 0.29) is 18.4 Å². The Morgan fingerprint density at radius 3 is 2.32 bits per heavy atom. The van der Waals surface area contributed by atoms with Crippen LogP contribution in [0.15, 0.2) is 42.5 Å². The number of benzene rings is 2. The second kappa shape index (κ2) is 12.1. The number of unbranched alkanes of at least 4 members (excludes halogenated alkanes) is 1. The third kappa shape index (κ3) is 7.42. The zero-order chi connectivity index (χ0) is 22.8. The van der Waals surface area contributed by atoms with Gasteiger partial charge in [0.25, 0.3) is 5.91 Å². The SMILES string of the molecule is CCCCNC(=O)[C@H](CC)N(Cc1ccccc1C)C(=O)COc1cc(C)cc(C)c1. The van der Waals surface area contributed by atoms with Crippen LogP contribution in [0.5, 0.6) is 5.75 Å². The van der Waals surface area contributed by atoms with E-state index in [4.69, 9.17) is 4.74 Å². The van der Waals surface area contributed by atoms with Gasteiger partial charge in [-0.2, -0.15) is 0 Å². The summed E-state index contributed by atoms with van der Waals surface area (Å²) in [6, 6.07) is 13.3. The van der Waals surface area contributed by atoms with Crippen LogP contribution in [0.1, 0.15) is 55.4 Å². The number of aryl methyl sites for hydroxylation is 3. The Hall–Kier alpha value is -2.82. The summed E-state index contributed by atoms with van der Waals surface area (Å²) >= 11 is 0. The normalized spacial score (nSPS) is 11.6. The molecule has 0 aliphatic heterocycles. The highest BCUT2D eigenvalue weighted by atomic mass is 16.5. The first-order chi connectivity index (χ1) is 14.8. The molecule has 0 saturated heterocycles. The van der Waals surface area contributed by atoms with Gasteiger partial charge in [0.05, 0.1) is 0 Å². The molecule has 0 spiro atoms. The summed E-state index contributed by atoms with van der Waals surface area (Å²) in [4.78, 5) is 27.8. The van der Waals surface area contributed by atoms with E-state index < -0.39 is 6.04 Å². The van der Waals surface area contributed by atoms with E-state index in [0.717, 1.165) is 35.1 Å². The van der Waals surface area contributed by atoms with Crippen molar-refractivity contribution in [3.8, 4) is 5.75 Å². The number of hydrogen-bond acceptors (Lipinski definition) is 3. The van der Waals surface area contributed by atoms with E-state index in [2.05, 4.69) is 18.3 Å². The zero-order valence-corrected chi connectivity index (χ0v) is 19.5. The highest BCUT2D eigenvalue weighted by Crippen LogP contribution is 2.18. The monoisotopic (exact) mass is 424 g/mol. The lowest BCUT2D eigenvalue weighted by molar-refractivity contribution is -0.143. The molecule has 0 heterocycles. The van der Waals surface area contributed by atoms with E-state index >= 15 is 0 Å². The molecule has 0 fully saturated rings. The van der Waals surface area contributed by atoms with Gasteiger partial charge in [-0.05, 0) is 68.0 Å². The number of carbonyl (C=O) groups is 2. The number of nitrogens with one attached hydrogen (secondary N) is 1. The molecule has 2 rings (SSSR count). The first kappa shape index (κ1) is 24.4. The topological polar surface area (TPSA) is 58.6 Å². The van der Waals surface area contributed by atoms with Gasteiger partial charge in [0, 0.05) is 13.1 Å². The van der Waals surface area contributed by atoms with Crippen molar-refractivity contribution >= 4 is 11.8 Å². The molecule has 0 aliphatic rings. The molecule has 5 heteroatoms. The van der Waals surface area contributed by atoms with Crippen molar-refractivity contribution in [1.82, 2.24) is 10.2 Å². The highest BCUT2D eigenvalue weighted by molar-refractivity contribution is 5.88. The number of hydrogen-bond donors (Lipinski definition) is 1. The summed E-state index contributed by atoms with van der Waals surface area (Å²) in [5.41, 5.74) is 4.29. The van der Waals surface area contributed by atoms with Crippen molar-refractivity contribution in [3.63, 3.8) is 0 Å². The Bertz CT molecular complexity index is 858. The molecule has 2 amide bonds. The molecule has 1 N–H and O–H groups in total. The van der Waals surface area contributed by atoms with Gasteiger partial charge in [-0.25, -0.2) is 0 Å². The Morgan fingerprint density at radius 1 is 1.03 bits per heavy atom. The Balaban J connectivity index is 2.21. The Kier molecular flexibility index (Phi) is 9.57. The van der Waals surface area contributed by atoms with Crippen LogP contribution in [0.4, 0.5) is 0 Å². The van der Waals surface area contributed by atoms with Crippen molar-refractivity contribution in [3.05, 3.63) is 64.7 Å². The largest absolute Gasteiger partial charge is 0.484 e. The molecule has 0 bridgehead atoms. The van der Waals surface area contributed by atoms with Crippen LogP contribution in [0.3, 0.4) is 0 Å². The fourth-order valence-corrected chi connectivity index (χ4v) is 3.64. The molecule has 2 aromatic rings. The third-order valence-electron chi connectivity index (χ3n) is 5.37. The Morgan fingerprint density at radius 2 is 1.71 bits per heavy atom.